The van der Waals surface area contributed by atoms with Gasteiger partial charge in [0.1, 0.15) is 0 Å². The lowest BCUT2D eigenvalue weighted by Gasteiger charge is -2.35. The Morgan fingerprint density at radius 3 is 2.30 bits per heavy atom. The summed E-state index contributed by atoms with van der Waals surface area (Å²) in [6.45, 7) is 3.42. The molecule has 7 nitrogen and oxygen atoms in total. The van der Waals surface area contributed by atoms with Crippen molar-refractivity contribution in [2.45, 2.75) is 17.6 Å². The average Bonchev–Trinajstić information content (AvgIpc) is 2.68. The van der Waals surface area contributed by atoms with Gasteiger partial charge in [-0.05, 0) is 31.2 Å². The molecule has 10 heteroatoms. The largest absolute Gasteiger partial charge is 0.352 e. The van der Waals surface area contributed by atoms with Gasteiger partial charge in [0.25, 0.3) is 5.91 Å². The van der Waals surface area contributed by atoms with Crippen LogP contribution in [0.25, 0.3) is 0 Å². The number of hydrogen-bond donors (Lipinski definition) is 0. The Hall–Kier alpha value is -2.62. The molecule has 1 aliphatic rings. The molecule has 1 amide bonds. The maximum absolute atomic E-state index is 12.9. The van der Waals surface area contributed by atoms with Crippen LogP contribution in [-0.2, 0) is 9.84 Å². The van der Waals surface area contributed by atoms with Gasteiger partial charge >= 0.3 is 5.76 Å². The number of carbonyl (C=O) groups is 1. The Kier molecular flexibility index (Phi) is 5.36. The van der Waals surface area contributed by atoms with Gasteiger partial charge in [-0.2, -0.15) is 13.9 Å². The van der Waals surface area contributed by atoms with Gasteiger partial charge in [0.05, 0.1) is 16.2 Å². The first-order valence-electron chi connectivity index (χ1n) is 8.26. The summed E-state index contributed by atoms with van der Waals surface area (Å²) in [7, 11) is -4.86. The minimum Gasteiger partial charge on any atom is -0.352 e. The van der Waals surface area contributed by atoms with Gasteiger partial charge in [-0.3, -0.25) is 4.79 Å². The highest BCUT2D eigenvalue weighted by molar-refractivity contribution is 7.91. The zero-order valence-corrected chi connectivity index (χ0v) is 15.4. The Balaban J connectivity index is 1.76. The molecule has 0 radical (unpaired) electrons. The highest BCUT2D eigenvalue weighted by atomic mass is 32.2. The van der Waals surface area contributed by atoms with Crippen LogP contribution in [0.1, 0.15) is 16.1 Å². The van der Waals surface area contributed by atoms with Crippen molar-refractivity contribution in [1.29, 1.82) is 0 Å². The molecule has 1 aliphatic heterocycles. The molecular weight excluding hydrogens is 378 g/mol. The van der Waals surface area contributed by atoms with Crippen LogP contribution in [-0.4, -0.2) is 61.4 Å². The summed E-state index contributed by atoms with van der Waals surface area (Å²) in [5.41, 5.74) is 0.561. The summed E-state index contributed by atoms with van der Waals surface area (Å²) in [4.78, 5) is 15.5. The van der Waals surface area contributed by atoms with E-state index in [1.165, 1.54) is 23.1 Å². The van der Waals surface area contributed by atoms with Crippen molar-refractivity contribution in [1.82, 2.24) is 15.1 Å². The Labute approximate surface area is 155 Å². The third-order valence-electron chi connectivity index (χ3n) is 4.33. The highest BCUT2D eigenvalue weighted by Gasteiger charge is 2.33. The second-order valence-electron chi connectivity index (χ2n) is 6.11. The maximum Gasteiger partial charge on any atom is 0.341 e. The molecule has 144 valence electrons. The first kappa shape index (κ1) is 19.2. The van der Waals surface area contributed by atoms with Crippen molar-refractivity contribution < 1.29 is 22.0 Å². The lowest BCUT2D eigenvalue weighted by Crippen LogP contribution is -2.49. The number of anilines is 1. The van der Waals surface area contributed by atoms with Crippen LogP contribution in [0, 0.1) is 6.92 Å². The summed E-state index contributed by atoms with van der Waals surface area (Å²) < 4.78 is 49.6. The molecule has 1 fully saturated rings. The van der Waals surface area contributed by atoms with Crippen LogP contribution in [0.2, 0.25) is 0 Å². The first-order chi connectivity index (χ1) is 12.8. The molecule has 0 saturated carbocycles. The quantitative estimate of drug-likeness (QED) is 0.783. The van der Waals surface area contributed by atoms with Crippen molar-refractivity contribution in [3.8, 4) is 0 Å². The number of benzene rings is 1. The van der Waals surface area contributed by atoms with E-state index < -0.39 is 26.4 Å². The number of hydrogen-bond acceptors (Lipinski definition) is 6. The maximum atomic E-state index is 12.9. The summed E-state index contributed by atoms with van der Waals surface area (Å²) >= 11 is 0. The van der Waals surface area contributed by atoms with Gasteiger partial charge in [-0.1, -0.05) is 12.1 Å². The second kappa shape index (κ2) is 7.55. The molecule has 0 N–H and O–H groups in total. The number of aromatic nitrogens is 2. The van der Waals surface area contributed by atoms with E-state index in [-0.39, 0.29) is 5.56 Å². The number of amides is 1. The summed E-state index contributed by atoms with van der Waals surface area (Å²) in [6.07, 6.45) is 0. The highest BCUT2D eigenvalue weighted by Crippen LogP contribution is 2.24. The van der Waals surface area contributed by atoms with Crippen LogP contribution in [0.3, 0.4) is 0 Å². The molecule has 3 rings (SSSR count). The van der Waals surface area contributed by atoms with E-state index in [2.05, 4.69) is 10.2 Å². The Bertz CT molecular complexity index is 927. The fourth-order valence-corrected chi connectivity index (χ4v) is 3.78. The van der Waals surface area contributed by atoms with Crippen molar-refractivity contribution in [3.05, 3.63) is 47.7 Å². The number of piperazine rings is 1. The van der Waals surface area contributed by atoms with Gasteiger partial charge < -0.3 is 9.80 Å². The fourth-order valence-electron chi connectivity index (χ4n) is 2.86. The zero-order valence-electron chi connectivity index (χ0n) is 14.5. The summed E-state index contributed by atoms with van der Waals surface area (Å²) in [6, 6.07) is 8.74. The number of aryl methyl sites for hydroxylation is 1. The van der Waals surface area contributed by atoms with Crippen LogP contribution in [0.5, 0.6) is 0 Å². The third kappa shape index (κ3) is 3.90. The van der Waals surface area contributed by atoms with Crippen molar-refractivity contribution in [3.63, 3.8) is 0 Å². The van der Waals surface area contributed by atoms with Crippen LogP contribution in [0.4, 0.5) is 14.6 Å². The molecule has 27 heavy (non-hydrogen) atoms. The number of alkyl halides is 2. The molecule has 1 saturated heterocycles. The van der Waals surface area contributed by atoms with Crippen LogP contribution >= 0.6 is 0 Å². The first-order valence-corrected chi connectivity index (χ1v) is 9.81. The molecule has 1 aromatic carbocycles. The molecule has 0 bridgehead atoms. The fraction of sp³-hybridized carbons (Fsp3) is 0.353. The van der Waals surface area contributed by atoms with E-state index in [0.29, 0.717) is 32.0 Å². The molecule has 1 aromatic heterocycles. The molecule has 2 aromatic rings. The number of rotatable bonds is 4. The molecule has 0 spiro atoms. The van der Waals surface area contributed by atoms with E-state index in [9.17, 15) is 22.0 Å². The van der Waals surface area contributed by atoms with Crippen molar-refractivity contribution >= 4 is 21.6 Å². The molecule has 0 unspecified atom stereocenters. The van der Waals surface area contributed by atoms with E-state index in [0.717, 1.165) is 11.8 Å². The van der Waals surface area contributed by atoms with E-state index in [1.807, 2.05) is 24.0 Å². The van der Waals surface area contributed by atoms with Crippen LogP contribution < -0.4 is 4.90 Å². The second-order valence-corrected chi connectivity index (χ2v) is 8.00. The number of carbonyl (C=O) groups excluding carboxylic acids is 1. The molecular formula is C17H18F2N4O3S. The summed E-state index contributed by atoms with van der Waals surface area (Å²) in [5.74, 6) is -3.47. The minimum atomic E-state index is -4.86. The van der Waals surface area contributed by atoms with E-state index >= 15 is 0 Å². The number of halogens is 2. The summed E-state index contributed by atoms with van der Waals surface area (Å²) in [5, 5.41) is 8.11. The van der Waals surface area contributed by atoms with Crippen LogP contribution in [0.15, 0.2) is 41.3 Å². The lowest BCUT2D eigenvalue weighted by molar-refractivity contribution is 0.0742. The SMILES string of the molecule is Cc1ccc(N2CCN(C(=O)c3ccccc3S(=O)(=O)C(F)F)CC2)nn1. The standard InChI is InChI=1S/C17H18F2N4O3S/c1-12-6-7-15(21-20-12)22-8-10-23(11-9-22)16(24)13-4-2-3-5-14(13)27(25,26)17(18)19/h2-7,17H,8-11H2,1H3. The van der Waals surface area contributed by atoms with Gasteiger partial charge in [-0.25, -0.2) is 8.42 Å². The topological polar surface area (TPSA) is 83.5 Å². The third-order valence-corrected chi connectivity index (χ3v) is 5.77. The zero-order chi connectivity index (χ0) is 19.6. The van der Waals surface area contributed by atoms with E-state index in [4.69, 9.17) is 0 Å². The molecule has 0 aliphatic carbocycles. The molecule has 2 heterocycles. The van der Waals surface area contributed by atoms with Crippen molar-refractivity contribution in [2.75, 3.05) is 31.1 Å². The van der Waals surface area contributed by atoms with Gasteiger partial charge in [-0.15, -0.1) is 5.10 Å². The number of sulfone groups is 1. The Morgan fingerprint density at radius 1 is 1.04 bits per heavy atom. The monoisotopic (exact) mass is 396 g/mol. The predicted molar refractivity (Wildman–Crippen MR) is 94.5 cm³/mol. The minimum absolute atomic E-state index is 0.235. The molecule has 0 atom stereocenters. The van der Waals surface area contributed by atoms with Gasteiger partial charge in [0.2, 0.25) is 9.84 Å². The van der Waals surface area contributed by atoms with Crippen molar-refractivity contribution in [2.24, 2.45) is 0 Å². The average molecular weight is 396 g/mol. The van der Waals surface area contributed by atoms with Gasteiger partial charge in [0.15, 0.2) is 5.82 Å². The number of nitrogens with zero attached hydrogens (tertiary/aromatic N) is 4. The predicted octanol–water partition coefficient (Wildman–Crippen LogP) is 1.74. The smallest absolute Gasteiger partial charge is 0.341 e. The van der Waals surface area contributed by atoms with Gasteiger partial charge in [0, 0.05) is 26.2 Å². The lowest BCUT2D eigenvalue weighted by atomic mass is 10.2. The van der Waals surface area contributed by atoms with E-state index in [1.54, 1.807) is 0 Å². The Morgan fingerprint density at radius 2 is 1.70 bits per heavy atom. The normalized spacial score (nSPS) is 15.3.